The predicted octanol–water partition coefficient (Wildman–Crippen LogP) is 4.08. The lowest BCUT2D eigenvalue weighted by atomic mass is 9.79. The first-order valence-corrected chi connectivity index (χ1v) is 6.66. The molecule has 1 fully saturated rings. The van der Waals surface area contributed by atoms with Gasteiger partial charge in [0.2, 0.25) is 0 Å². The monoisotopic (exact) mass is 244 g/mol. The van der Waals surface area contributed by atoms with E-state index in [0.29, 0.717) is 5.92 Å². The predicted molar refractivity (Wildman–Crippen MR) is 73.5 cm³/mol. The van der Waals surface area contributed by atoms with Crippen molar-refractivity contribution in [3.63, 3.8) is 0 Å². The van der Waals surface area contributed by atoms with Crippen LogP contribution in [0.4, 0.5) is 0 Å². The molecule has 0 amide bonds. The highest BCUT2D eigenvalue weighted by atomic mass is 16.4. The first kappa shape index (κ1) is 12.9. The van der Waals surface area contributed by atoms with E-state index in [-0.39, 0.29) is 0 Å². The van der Waals surface area contributed by atoms with Crippen LogP contribution in [0.25, 0.3) is 6.08 Å². The molecule has 1 aromatic carbocycles. The molecule has 0 unspecified atom stereocenters. The minimum Gasteiger partial charge on any atom is -0.478 e. The molecule has 0 heterocycles. The lowest BCUT2D eigenvalue weighted by Crippen LogP contribution is -2.10. The molecule has 0 radical (unpaired) electrons. The van der Waals surface area contributed by atoms with Crippen molar-refractivity contribution in [3.05, 3.63) is 41.5 Å². The van der Waals surface area contributed by atoms with E-state index in [1.54, 1.807) is 6.08 Å². The molecule has 0 aliphatic heterocycles. The number of carboxylic acids is 1. The Bertz CT molecular complexity index is 423. The van der Waals surface area contributed by atoms with Crippen molar-refractivity contribution in [2.24, 2.45) is 5.92 Å². The van der Waals surface area contributed by atoms with Crippen molar-refractivity contribution in [1.29, 1.82) is 0 Å². The maximum atomic E-state index is 10.4. The zero-order valence-corrected chi connectivity index (χ0v) is 10.8. The fourth-order valence-corrected chi connectivity index (χ4v) is 2.64. The molecule has 18 heavy (non-hydrogen) atoms. The molecule has 1 aliphatic rings. The van der Waals surface area contributed by atoms with E-state index in [1.165, 1.54) is 37.3 Å². The zero-order chi connectivity index (χ0) is 13.0. The van der Waals surface area contributed by atoms with Gasteiger partial charge in [0.25, 0.3) is 0 Å². The van der Waals surface area contributed by atoms with Gasteiger partial charge in [-0.15, -0.1) is 0 Å². The van der Waals surface area contributed by atoms with E-state index in [9.17, 15) is 4.79 Å². The summed E-state index contributed by atoms with van der Waals surface area (Å²) in [4.78, 5) is 10.4. The van der Waals surface area contributed by atoms with Crippen LogP contribution < -0.4 is 0 Å². The number of aliphatic carboxylic acids is 1. The highest BCUT2D eigenvalue weighted by Crippen LogP contribution is 2.35. The average Bonchev–Trinajstić information content (AvgIpc) is 2.38. The van der Waals surface area contributed by atoms with E-state index < -0.39 is 5.97 Å². The molecule has 96 valence electrons. The van der Waals surface area contributed by atoms with Crippen LogP contribution in [0.1, 0.15) is 49.7 Å². The zero-order valence-electron chi connectivity index (χ0n) is 10.8. The fraction of sp³-hybridized carbons (Fsp3) is 0.438. The molecule has 1 aromatic rings. The third-order valence-electron chi connectivity index (χ3n) is 3.84. The summed E-state index contributed by atoms with van der Waals surface area (Å²) in [6.07, 6.45) is 8.03. The Morgan fingerprint density at radius 1 is 1.17 bits per heavy atom. The highest BCUT2D eigenvalue weighted by Gasteiger charge is 2.19. The topological polar surface area (TPSA) is 37.3 Å². The molecule has 0 saturated heterocycles. The van der Waals surface area contributed by atoms with Gasteiger partial charge in [-0.05, 0) is 41.9 Å². The summed E-state index contributed by atoms with van der Waals surface area (Å²) >= 11 is 0. The van der Waals surface area contributed by atoms with Crippen LogP contribution in [0.2, 0.25) is 0 Å². The average molecular weight is 244 g/mol. The van der Waals surface area contributed by atoms with Crippen LogP contribution in [-0.2, 0) is 4.79 Å². The summed E-state index contributed by atoms with van der Waals surface area (Å²) in [7, 11) is 0. The molecule has 0 bridgehead atoms. The van der Waals surface area contributed by atoms with Crippen LogP contribution in [0.5, 0.6) is 0 Å². The molecule has 1 N–H and O–H groups in total. The van der Waals surface area contributed by atoms with E-state index in [4.69, 9.17) is 5.11 Å². The van der Waals surface area contributed by atoms with E-state index >= 15 is 0 Å². The molecular formula is C16H20O2. The van der Waals surface area contributed by atoms with E-state index in [2.05, 4.69) is 19.1 Å². The van der Waals surface area contributed by atoms with Gasteiger partial charge < -0.3 is 5.11 Å². The van der Waals surface area contributed by atoms with Crippen LogP contribution in [-0.4, -0.2) is 11.1 Å². The SMILES string of the molecule is CC1CCC(c2ccc(C=CC(=O)O)cc2)CC1. The quantitative estimate of drug-likeness (QED) is 0.813. The van der Waals surface area contributed by atoms with Crippen molar-refractivity contribution in [1.82, 2.24) is 0 Å². The molecule has 0 aromatic heterocycles. The first-order valence-electron chi connectivity index (χ1n) is 6.66. The first-order chi connectivity index (χ1) is 8.65. The second kappa shape index (κ2) is 5.85. The Morgan fingerprint density at radius 3 is 2.33 bits per heavy atom. The van der Waals surface area contributed by atoms with Crippen molar-refractivity contribution >= 4 is 12.0 Å². The second-order valence-electron chi connectivity index (χ2n) is 5.30. The maximum absolute atomic E-state index is 10.4. The Morgan fingerprint density at radius 2 is 1.78 bits per heavy atom. The summed E-state index contributed by atoms with van der Waals surface area (Å²) < 4.78 is 0. The molecule has 0 spiro atoms. The summed E-state index contributed by atoms with van der Waals surface area (Å²) in [5.74, 6) is 0.665. The molecule has 1 aliphatic carbocycles. The summed E-state index contributed by atoms with van der Waals surface area (Å²) in [6, 6.07) is 8.30. The van der Waals surface area contributed by atoms with Crippen molar-refractivity contribution in [3.8, 4) is 0 Å². The molecule has 2 rings (SSSR count). The van der Waals surface area contributed by atoms with Crippen LogP contribution in [0.3, 0.4) is 0 Å². The Kier molecular flexibility index (Phi) is 4.19. The fourth-order valence-electron chi connectivity index (χ4n) is 2.64. The van der Waals surface area contributed by atoms with Crippen LogP contribution >= 0.6 is 0 Å². The number of hydrogen-bond donors (Lipinski definition) is 1. The van der Waals surface area contributed by atoms with Gasteiger partial charge in [0.1, 0.15) is 0 Å². The number of carbonyl (C=O) groups is 1. The van der Waals surface area contributed by atoms with Gasteiger partial charge in [0.05, 0.1) is 0 Å². The van der Waals surface area contributed by atoms with Gasteiger partial charge in [-0.3, -0.25) is 0 Å². The molecule has 2 nitrogen and oxygen atoms in total. The second-order valence-corrected chi connectivity index (χ2v) is 5.30. The van der Waals surface area contributed by atoms with Gasteiger partial charge >= 0.3 is 5.97 Å². The number of rotatable bonds is 3. The van der Waals surface area contributed by atoms with Gasteiger partial charge in [-0.2, -0.15) is 0 Å². The summed E-state index contributed by atoms with van der Waals surface area (Å²) in [5.41, 5.74) is 2.35. The summed E-state index contributed by atoms with van der Waals surface area (Å²) in [6.45, 7) is 2.33. The Balaban J connectivity index is 2.01. The van der Waals surface area contributed by atoms with E-state index in [0.717, 1.165) is 11.5 Å². The van der Waals surface area contributed by atoms with Gasteiger partial charge in [0, 0.05) is 6.08 Å². The lowest BCUT2D eigenvalue weighted by molar-refractivity contribution is -0.131. The number of hydrogen-bond acceptors (Lipinski definition) is 1. The lowest BCUT2D eigenvalue weighted by Gasteiger charge is -2.26. The molecule has 2 heteroatoms. The summed E-state index contributed by atoms with van der Waals surface area (Å²) in [5, 5.41) is 8.57. The maximum Gasteiger partial charge on any atom is 0.328 e. The van der Waals surface area contributed by atoms with Gasteiger partial charge in [-0.1, -0.05) is 44.0 Å². The number of benzene rings is 1. The smallest absolute Gasteiger partial charge is 0.328 e. The Labute approximate surface area is 108 Å². The van der Waals surface area contributed by atoms with Crippen molar-refractivity contribution in [2.45, 2.75) is 38.5 Å². The molecule has 0 atom stereocenters. The van der Waals surface area contributed by atoms with Gasteiger partial charge in [-0.25, -0.2) is 4.79 Å². The minimum atomic E-state index is -0.902. The standard InChI is InChI=1S/C16H20O2/c1-12-2-7-14(8-3-12)15-9-4-13(5-10-15)6-11-16(17)18/h4-6,9-12,14H,2-3,7-8H2,1H3,(H,17,18). The normalized spacial score (nSPS) is 24.3. The number of carboxylic acid groups (broad SMARTS) is 1. The van der Waals surface area contributed by atoms with Gasteiger partial charge in [0.15, 0.2) is 0 Å². The van der Waals surface area contributed by atoms with Crippen LogP contribution in [0.15, 0.2) is 30.3 Å². The molecule has 1 saturated carbocycles. The van der Waals surface area contributed by atoms with Crippen molar-refractivity contribution in [2.75, 3.05) is 0 Å². The minimum absolute atomic E-state index is 0.693. The third-order valence-corrected chi connectivity index (χ3v) is 3.84. The largest absolute Gasteiger partial charge is 0.478 e. The van der Waals surface area contributed by atoms with E-state index in [1.807, 2.05) is 12.1 Å². The third kappa shape index (κ3) is 3.46. The van der Waals surface area contributed by atoms with Crippen LogP contribution in [0, 0.1) is 5.92 Å². The Hall–Kier alpha value is -1.57. The highest BCUT2D eigenvalue weighted by molar-refractivity contribution is 5.85. The van der Waals surface area contributed by atoms with Crippen molar-refractivity contribution < 1.29 is 9.90 Å². The molecular weight excluding hydrogens is 224 g/mol.